The Kier molecular flexibility index (Phi) is 4.14. The first-order valence-corrected chi connectivity index (χ1v) is 9.85. The number of benzene rings is 2. The number of nitriles is 1. The number of aromatic nitrogens is 2. The highest BCUT2D eigenvalue weighted by atomic mass is 15.3. The van der Waals surface area contributed by atoms with Crippen molar-refractivity contribution in [3.63, 3.8) is 0 Å². The van der Waals surface area contributed by atoms with E-state index in [4.69, 9.17) is 10.4 Å². The zero-order valence-corrected chi connectivity index (χ0v) is 15.9. The molecule has 140 valence electrons. The first-order valence-electron chi connectivity index (χ1n) is 9.85. The van der Waals surface area contributed by atoms with Crippen LogP contribution in [0.4, 0.5) is 5.82 Å². The largest absolute Gasteiger partial charge is 0.368 e. The number of nitrogens with one attached hydrogen (secondary N) is 2. The van der Waals surface area contributed by atoms with Crippen LogP contribution >= 0.6 is 0 Å². The molecule has 1 aliphatic heterocycles. The third kappa shape index (κ3) is 3.06. The van der Waals surface area contributed by atoms with Gasteiger partial charge in [-0.1, -0.05) is 29.8 Å². The van der Waals surface area contributed by atoms with Crippen LogP contribution in [0.5, 0.6) is 0 Å². The molecular weight excluding hydrogens is 346 g/mol. The molecule has 3 atom stereocenters. The monoisotopic (exact) mass is 369 g/mol. The maximum atomic E-state index is 9.07. The van der Waals surface area contributed by atoms with Crippen LogP contribution in [0.3, 0.4) is 0 Å². The van der Waals surface area contributed by atoms with E-state index in [1.807, 2.05) is 28.9 Å². The lowest BCUT2D eigenvalue weighted by molar-refractivity contribution is 0.614. The van der Waals surface area contributed by atoms with Gasteiger partial charge in [0.1, 0.15) is 5.82 Å². The van der Waals surface area contributed by atoms with E-state index in [0.29, 0.717) is 5.56 Å². The van der Waals surface area contributed by atoms with Crippen molar-refractivity contribution in [2.24, 2.45) is 17.8 Å². The molecule has 5 rings (SSSR count). The van der Waals surface area contributed by atoms with Crippen LogP contribution in [-0.4, -0.2) is 29.4 Å². The Morgan fingerprint density at radius 2 is 1.82 bits per heavy atom. The molecule has 2 aromatic carbocycles. The Balaban J connectivity index is 1.45. The summed E-state index contributed by atoms with van der Waals surface area (Å²) in [6.07, 6.45) is 0. The number of hydrogen-bond donors (Lipinski definition) is 2. The van der Waals surface area contributed by atoms with E-state index in [1.165, 1.54) is 5.56 Å². The second kappa shape index (κ2) is 6.81. The molecular formula is C23H23N5. The average molecular weight is 369 g/mol. The molecule has 0 spiro atoms. The van der Waals surface area contributed by atoms with Crippen molar-refractivity contribution in [1.29, 1.82) is 5.26 Å². The predicted octanol–water partition coefficient (Wildman–Crippen LogP) is 3.60. The minimum absolute atomic E-state index is 0.653. The quantitative estimate of drug-likeness (QED) is 0.721. The molecule has 0 radical (unpaired) electrons. The van der Waals surface area contributed by atoms with Gasteiger partial charge in [0.2, 0.25) is 0 Å². The van der Waals surface area contributed by atoms with E-state index < -0.39 is 0 Å². The number of piperidine rings is 1. The number of rotatable bonds is 5. The van der Waals surface area contributed by atoms with Crippen molar-refractivity contribution in [2.75, 3.05) is 25.0 Å². The van der Waals surface area contributed by atoms with Gasteiger partial charge in [-0.2, -0.15) is 5.26 Å². The summed E-state index contributed by atoms with van der Waals surface area (Å²) in [4.78, 5) is 0. The molecule has 1 saturated carbocycles. The minimum Gasteiger partial charge on any atom is -0.368 e. The number of anilines is 1. The van der Waals surface area contributed by atoms with Gasteiger partial charge in [-0.3, -0.25) is 0 Å². The molecule has 28 heavy (non-hydrogen) atoms. The molecule has 0 amide bonds. The van der Waals surface area contributed by atoms with Gasteiger partial charge in [0.05, 0.1) is 23.0 Å². The van der Waals surface area contributed by atoms with Crippen LogP contribution in [0.25, 0.3) is 16.9 Å². The highest BCUT2D eigenvalue weighted by Crippen LogP contribution is 2.48. The van der Waals surface area contributed by atoms with Gasteiger partial charge < -0.3 is 10.6 Å². The van der Waals surface area contributed by atoms with E-state index in [2.05, 4.69) is 54.0 Å². The molecule has 2 fully saturated rings. The summed E-state index contributed by atoms with van der Waals surface area (Å²) in [5, 5.41) is 20.9. The Morgan fingerprint density at radius 1 is 1.11 bits per heavy atom. The molecule has 1 unspecified atom stereocenters. The summed E-state index contributed by atoms with van der Waals surface area (Å²) >= 11 is 0. The third-order valence-electron chi connectivity index (χ3n) is 6.09. The lowest BCUT2D eigenvalue weighted by atomic mass is 10.1. The second-order valence-corrected chi connectivity index (χ2v) is 7.88. The summed E-state index contributed by atoms with van der Waals surface area (Å²) in [7, 11) is 0. The zero-order chi connectivity index (χ0) is 19.1. The normalized spacial score (nSPS) is 22.5. The summed E-state index contributed by atoms with van der Waals surface area (Å²) < 4.78 is 1.96. The molecule has 5 heteroatoms. The fraction of sp³-hybridized carbons (Fsp3) is 0.304. The molecule has 2 aliphatic rings. The van der Waals surface area contributed by atoms with Gasteiger partial charge in [-0.25, -0.2) is 4.68 Å². The first-order chi connectivity index (χ1) is 13.7. The molecule has 5 nitrogen and oxygen atoms in total. The van der Waals surface area contributed by atoms with Crippen molar-refractivity contribution in [3.05, 3.63) is 65.7 Å². The fourth-order valence-corrected chi connectivity index (χ4v) is 4.34. The fourth-order valence-electron chi connectivity index (χ4n) is 4.34. The molecule has 1 aromatic heterocycles. The first kappa shape index (κ1) is 17.0. The van der Waals surface area contributed by atoms with Crippen molar-refractivity contribution in [3.8, 4) is 23.0 Å². The van der Waals surface area contributed by atoms with Crippen molar-refractivity contribution >= 4 is 5.82 Å². The Bertz CT molecular complexity index is 1020. The number of aryl methyl sites for hydroxylation is 1. The van der Waals surface area contributed by atoms with E-state index in [-0.39, 0.29) is 0 Å². The molecule has 3 aromatic rings. The van der Waals surface area contributed by atoms with Crippen LogP contribution in [-0.2, 0) is 0 Å². The zero-order valence-electron chi connectivity index (χ0n) is 15.9. The van der Waals surface area contributed by atoms with Crippen LogP contribution < -0.4 is 10.6 Å². The number of hydrogen-bond acceptors (Lipinski definition) is 4. The van der Waals surface area contributed by atoms with Gasteiger partial charge >= 0.3 is 0 Å². The van der Waals surface area contributed by atoms with Crippen LogP contribution in [0.15, 0.2) is 54.6 Å². The van der Waals surface area contributed by atoms with Gasteiger partial charge in [0.15, 0.2) is 0 Å². The second-order valence-electron chi connectivity index (χ2n) is 7.88. The van der Waals surface area contributed by atoms with Crippen LogP contribution in [0, 0.1) is 36.0 Å². The Labute approximate surface area is 165 Å². The Hall–Kier alpha value is -3.10. The van der Waals surface area contributed by atoms with Crippen molar-refractivity contribution < 1.29 is 0 Å². The minimum atomic E-state index is 0.653. The van der Waals surface area contributed by atoms with Crippen molar-refractivity contribution in [1.82, 2.24) is 15.1 Å². The van der Waals surface area contributed by atoms with E-state index in [0.717, 1.165) is 60.2 Å². The number of fused-ring (bicyclic) bond motifs is 1. The lowest BCUT2D eigenvalue weighted by Gasteiger charge is -2.08. The van der Waals surface area contributed by atoms with E-state index >= 15 is 0 Å². The van der Waals surface area contributed by atoms with Gasteiger partial charge in [-0.05, 0) is 62.0 Å². The van der Waals surface area contributed by atoms with Crippen LogP contribution in [0.2, 0.25) is 0 Å². The summed E-state index contributed by atoms with van der Waals surface area (Å²) in [6, 6.07) is 20.4. The molecule has 1 saturated heterocycles. The highest BCUT2D eigenvalue weighted by molar-refractivity contribution is 5.66. The molecule has 0 bridgehead atoms. The molecule has 2 heterocycles. The maximum Gasteiger partial charge on any atom is 0.149 e. The lowest BCUT2D eigenvalue weighted by Crippen LogP contribution is -2.18. The summed E-state index contributed by atoms with van der Waals surface area (Å²) in [6.45, 7) is 5.39. The summed E-state index contributed by atoms with van der Waals surface area (Å²) in [5.41, 5.74) is 5.02. The number of nitrogens with zero attached hydrogens (tertiary/aromatic N) is 3. The van der Waals surface area contributed by atoms with Crippen molar-refractivity contribution in [2.45, 2.75) is 6.92 Å². The standard InChI is InChI=1S/C23H23N5/c1-15-2-6-17(7-3-15)22-10-23(26-14-21-19-12-25-13-20(19)21)27-28(22)18-8-4-16(11-24)5-9-18/h2-10,19-21,25H,12-14H2,1H3,(H,26,27)/t19-,20+,21?. The SMILES string of the molecule is Cc1ccc(-c2cc(NCC3[C@H]4CNC[C@@H]34)nn2-c2ccc(C#N)cc2)cc1. The molecule has 2 N–H and O–H groups in total. The van der Waals surface area contributed by atoms with Gasteiger partial charge in [0.25, 0.3) is 0 Å². The predicted molar refractivity (Wildman–Crippen MR) is 110 cm³/mol. The molecule has 1 aliphatic carbocycles. The maximum absolute atomic E-state index is 9.07. The van der Waals surface area contributed by atoms with E-state index in [9.17, 15) is 0 Å². The highest BCUT2D eigenvalue weighted by Gasteiger charge is 2.52. The van der Waals surface area contributed by atoms with E-state index in [1.54, 1.807) is 0 Å². The average Bonchev–Trinajstić information content (AvgIpc) is 3.07. The summed E-state index contributed by atoms with van der Waals surface area (Å²) in [5.74, 6) is 3.34. The topological polar surface area (TPSA) is 65.7 Å². The van der Waals surface area contributed by atoms with Crippen LogP contribution in [0.1, 0.15) is 11.1 Å². The van der Waals surface area contributed by atoms with Gasteiger partial charge in [-0.15, -0.1) is 5.10 Å². The third-order valence-corrected chi connectivity index (χ3v) is 6.09. The smallest absolute Gasteiger partial charge is 0.149 e. The van der Waals surface area contributed by atoms with Gasteiger partial charge in [0, 0.05) is 18.2 Å². The Morgan fingerprint density at radius 3 is 2.50 bits per heavy atom.